The van der Waals surface area contributed by atoms with Crippen molar-refractivity contribution < 1.29 is 0 Å². The van der Waals surface area contributed by atoms with E-state index in [9.17, 15) is 0 Å². The Morgan fingerprint density at radius 2 is 0.750 bits per heavy atom. The van der Waals surface area contributed by atoms with E-state index in [1.165, 1.54) is 142 Å². The normalized spacial score (nSPS) is 18.0. The van der Waals surface area contributed by atoms with E-state index in [4.69, 9.17) is 0 Å². The molecule has 0 radical (unpaired) electrons. The Labute approximate surface area is 179 Å². The van der Waals surface area contributed by atoms with Gasteiger partial charge in [0.1, 0.15) is 0 Å². The van der Waals surface area contributed by atoms with Crippen LogP contribution < -0.4 is 0 Å². The Kier molecular flexibility index (Phi) is 23.1. The maximum atomic E-state index is 2.64. The van der Waals surface area contributed by atoms with Gasteiger partial charge >= 0.3 is 0 Å². The summed E-state index contributed by atoms with van der Waals surface area (Å²) >= 11 is 0. The number of likely N-dealkylation sites (tertiary alicyclic amines) is 2. The zero-order chi connectivity index (χ0) is 20.7. The Morgan fingerprint density at radius 3 is 1.14 bits per heavy atom. The molecule has 170 valence electrons. The van der Waals surface area contributed by atoms with Crippen molar-refractivity contribution in [2.45, 2.75) is 130 Å². The Bertz CT molecular complexity index is 264. The number of piperidine rings is 2. The maximum absolute atomic E-state index is 2.64. The molecular weight excluding hydrogens is 340 g/mol. The summed E-state index contributed by atoms with van der Waals surface area (Å²) in [5.74, 6) is 0. The van der Waals surface area contributed by atoms with Crippen LogP contribution in [0.25, 0.3) is 0 Å². The highest BCUT2D eigenvalue weighted by atomic mass is 15.1. The molecular formula is C26H56N2. The molecule has 0 saturated carbocycles. The van der Waals surface area contributed by atoms with Crippen LogP contribution in [0.1, 0.15) is 130 Å². The number of rotatable bonds is 11. The summed E-state index contributed by atoms with van der Waals surface area (Å²) in [6, 6.07) is 0. The standard InChI is InChI=1S/C11H23N.C9H19N.C6H14/c1-2-3-4-6-9-12-10-7-5-8-11-12;1-2-3-7-10-8-5-4-6-9-10;1-3-5-6-4-2/h2-11H2,1H3;2-9H2,1H3;3-6H2,1-2H3. The number of unbranched alkanes of at least 4 members (excludes halogenated alkanes) is 7. The lowest BCUT2D eigenvalue weighted by Crippen LogP contribution is -2.30. The molecule has 2 aliphatic heterocycles. The topological polar surface area (TPSA) is 6.48 Å². The maximum Gasteiger partial charge on any atom is -0.00187 e. The fourth-order valence-electron chi connectivity index (χ4n) is 4.01. The molecule has 0 aliphatic carbocycles. The predicted octanol–water partition coefficient (Wildman–Crippen LogP) is 7.91. The van der Waals surface area contributed by atoms with Gasteiger partial charge in [-0.1, -0.05) is 91.9 Å². The lowest BCUT2D eigenvalue weighted by atomic mass is 10.1. The van der Waals surface area contributed by atoms with Crippen LogP contribution in [-0.2, 0) is 0 Å². The lowest BCUT2D eigenvalue weighted by Gasteiger charge is -2.26. The first-order valence-electron chi connectivity index (χ1n) is 13.2. The van der Waals surface area contributed by atoms with E-state index in [-0.39, 0.29) is 0 Å². The minimum Gasteiger partial charge on any atom is -0.303 e. The SMILES string of the molecule is CCCCCC.CCCCCCN1CCCCC1.CCCCN1CCCCC1. The van der Waals surface area contributed by atoms with Crippen LogP contribution in [0.5, 0.6) is 0 Å². The smallest absolute Gasteiger partial charge is 0.00187 e. The fraction of sp³-hybridized carbons (Fsp3) is 1.00. The van der Waals surface area contributed by atoms with E-state index < -0.39 is 0 Å². The molecule has 0 aromatic carbocycles. The highest BCUT2D eigenvalue weighted by Gasteiger charge is 2.08. The zero-order valence-corrected chi connectivity index (χ0v) is 20.5. The van der Waals surface area contributed by atoms with Gasteiger partial charge in [-0.25, -0.2) is 0 Å². The van der Waals surface area contributed by atoms with E-state index in [1.54, 1.807) is 0 Å². The third kappa shape index (κ3) is 19.2. The quantitative estimate of drug-likeness (QED) is 0.327. The van der Waals surface area contributed by atoms with Gasteiger partial charge in [-0.15, -0.1) is 0 Å². The monoisotopic (exact) mass is 396 g/mol. The van der Waals surface area contributed by atoms with Gasteiger partial charge in [-0.05, 0) is 77.8 Å². The molecule has 2 heterocycles. The van der Waals surface area contributed by atoms with Crippen LogP contribution in [-0.4, -0.2) is 49.1 Å². The van der Waals surface area contributed by atoms with Gasteiger partial charge in [-0.2, -0.15) is 0 Å². The lowest BCUT2D eigenvalue weighted by molar-refractivity contribution is 0.224. The molecule has 0 N–H and O–H groups in total. The van der Waals surface area contributed by atoms with Gasteiger partial charge in [-0.3, -0.25) is 0 Å². The Balaban J connectivity index is 0.000000414. The fourth-order valence-corrected chi connectivity index (χ4v) is 4.01. The molecule has 2 saturated heterocycles. The molecule has 0 amide bonds. The Morgan fingerprint density at radius 1 is 0.393 bits per heavy atom. The first-order valence-corrected chi connectivity index (χ1v) is 13.2. The molecule has 2 nitrogen and oxygen atoms in total. The van der Waals surface area contributed by atoms with Crippen molar-refractivity contribution in [2.24, 2.45) is 0 Å². The van der Waals surface area contributed by atoms with Crippen LogP contribution >= 0.6 is 0 Å². The molecule has 0 aromatic rings. The molecule has 0 bridgehead atoms. The van der Waals surface area contributed by atoms with Crippen LogP contribution in [0, 0.1) is 0 Å². The largest absolute Gasteiger partial charge is 0.303 e. The van der Waals surface area contributed by atoms with Crippen LogP contribution in [0.2, 0.25) is 0 Å². The van der Waals surface area contributed by atoms with Gasteiger partial charge in [0.15, 0.2) is 0 Å². The second kappa shape index (κ2) is 23.2. The molecule has 2 aliphatic rings. The van der Waals surface area contributed by atoms with Gasteiger partial charge < -0.3 is 9.80 Å². The second-order valence-corrected chi connectivity index (χ2v) is 8.93. The van der Waals surface area contributed by atoms with E-state index in [0.29, 0.717) is 0 Å². The van der Waals surface area contributed by atoms with Gasteiger partial charge in [0.05, 0.1) is 0 Å². The van der Waals surface area contributed by atoms with E-state index in [0.717, 1.165) is 0 Å². The minimum absolute atomic E-state index is 1.34. The van der Waals surface area contributed by atoms with Crippen molar-refractivity contribution >= 4 is 0 Å². The summed E-state index contributed by atoms with van der Waals surface area (Å²) in [5.41, 5.74) is 0. The summed E-state index contributed by atoms with van der Waals surface area (Å²) in [5, 5.41) is 0. The highest BCUT2D eigenvalue weighted by molar-refractivity contribution is 4.64. The summed E-state index contributed by atoms with van der Waals surface area (Å²) in [4.78, 5) is 5.24. The van der Waals surface area contributed by atoms with Crippen molar-refractivity contribution in [1.82, 2.24) is 9.80 Å². The van der Waals surface area contributed by atoms with Crippen LogP contribution in [0.4, 0.5) is 0 Å². The molecule has 0 unspecified atom stereocenters. The van der Waals surface area contributed by atoms with E-state index in [1.807, 2.05) is 0 Å². The zero-order valence-electron chi connectivity index (χ0n) is 20.5. The minimum atomic E-state index is 1.34. The molecule has 2 fully saturated rings. The van der Waals surface area contributed by atoms with Crippen molar-refractivity contribution in [3.05, 3.63) is 0 Å². The molecule has 0 atom stereocenters. The van der Waals surface area contributed by atoms with E-state index >= 15 is 0 Å². The first kappa shape index (κ1) is 27.9. The van der Waals surface area contributed by atoms with Crippen LogP contribution in [0.15, 0.2) is 0 Å². The molecule has 2 heteroatoms. The number of hydrogen-bond acceptors (Lipinski definition) is 2. The summed E-state index contributed by atoms with van der Waals surface area (Å²) in [7, 11) is 0. The summed E-state index contributed by atoms with van der Waals surface area (Å²) < 4.78 is 0. The average Bonchev–Trinajstić information content (AvgIpc) is 2.76. The third-order valence-corrected chi connectivity index (χ3v) is 6.01. The number of hydrogen-bond donors (Lipinski definition) is 0. The highest BCUT2D eigenvalue weighted by Crippen LogP contribution is 2.10. The average molecular weight is 397 g/mol. The van der Waals surface area contributed by atoms with Crippen molar-refractivity contribution in [1.29, 1.82) is 0 Å². The third-order valence-electron chi connectivity index (χ3n) is 6.01. The Hall–Kier alpha value is -0.0800. The van der Waals surface area contributed by atoms with E-state index in [2.05, 4.69) is 37.5 Å². The first-order chi connectivity index (χ1) is 13.8. The van der Waals surface area contributed by atoms with Crippen LogP contribution in [0.3, 0.4) is 0 Å². The molecule has 0 spiro atoms. The number of nitrogens with zero attached hydrogens (tertiary/aromatic N) is 2. The molecule has 2 rings (SSSR count). The van der Waals surface area contributed by atoms with Gasteiger partial charge in [0, 0.05) is 0 Å². The predicted molar refractivity (Wildman–Crippen MR) is 129 cm³/mol. The molecule has 28 heavy (non-hydrogen) atoms. The van der Waals surface area contributed by atoms with Gasteiger partial charge in [0.2, 0.25) is 0 Å². The molecule has 0 aromatic heterocycles. The van der Waals surface area contributed by atoms with Crippen molar-refractivity contribution in [3.8, 4) is 0 Å². The summed E-state index contributed by atoms with van der Waals surface area (Å²) in [6.07, 6.45) is 22.6. The second-order valence-electron chi connectivity index (χ2n) is 8.93. The van der Waals surface area contributed by atoms with Gasteiger partial charge in [0.25, 0.3) is 0 Å². The summed E-state index contributed by atoms with van der Waals surface area (Å²) in [6.45, 7) is 17.2. The van der Waals surface area contributed by atoms with Crippen molar-refractivity contribution in [3.63, 3.8) is 0 Å². The van der Waals surface area contributed by atoms with Crippen molar-refractivity contribution in [2.75, 3.05) is 39.3 Å².